The summed E-state index contributed by atoms with van der Waals surface area (Å²) in [4.78, 5) is 27.7. The predicted octanol–water partition coefficient (Wildman–Crippen LogP) is 3.16. The van der Waals surface area contributed by atoms with Gasteiger partial charge in [0.05, 0.1) is 5.56 Å². The summed E-state index contributed by atoms with van der Waals surface area (Å²) in [6.45, 7) is 6.09. The smallest absolute Gasteiger partial charge is 0.407 e. The van der Waals surface area contributed by atoms with Crippen LogP contribution in [-0.4, -0.2) is 35.2 Å². The summed E-state index contributed by atoms with van der Waals surface area (Å²) < 4.78 is 5.26. The normalized spacial score (nSPS) is 20.5. The summed E-state index contributed by atoms with van der Waals surface area (Å²) in [5.74, 6) is 0.178. The van der Waals surface area contributed by atoms with E-state index in [1.165, 1.54) is 6.20 Å². The number of halogens is 1. The minimum absolute atomic E-state index is 0.0963. The Morgan fingerprint density at radius 3 is 2.71 bits per heavy atom. The molecule has 1 aromatic heterocycles. The Balaban J connectivity index is 1.73. The molecule has 2 unspecified atom stereocenters. The second-order valence-corrected chi connectivity index (χ2v) is 7.49. The maximum Gasteiger partial charge on any atom is 0.407 e. The topological polar surface area (TPSA) is 80.3 Å². The van der Waals surface area contributed by atoms with Crippen LogP contribution in [0.3, 0.4) is 0 Å². The van der Waals surface area contributed by atoms with Gasteiger partial charge in [-0.05, 0) is 58.1 Å². The molecule has 1 aliphatic carbocycles. The van der Waals surface area contributed by atoms with Crippen LogP contribution >= 0.6 is 11.6 Å². The lowest BCUT2D eigenvalue weighted by atomic mass is 10.1. The molecule has 0 radical (unpaired) electrons. The molecular formula is C17H24ClN3O3. The van der Waals surface area contributed by atoms with Crippen LogP contribution in [-0.2, 0) is 4.74 Å². The van der Waals surface area contributed by atoms with E-state index in [4.69, 9.17) is 16.3 Å². The van der Waals surface area contributed by atoms with E-state index in [0.717, 1.165) is 19.3 Å². The van der Waals surface area contributed by atoms with Crippen molar-refractivity contribution in [3.63, 3.8) is 0 Å². The number of amides is 2. The lowest BCUT2D eigenvalue weighted by molar-refractivity contribution is 0.0504. The van der Waals surface area contributed by atoms with E-state index < -0.39 is 5.60 Å². The lowest BCUT2D eigenvalue weighted by Gasteiger charge is -2.21. The van der Waals surface area contributed by atoms with Crippen LogP contribution < -0.4 is 10.6 Å². The van der Waals surface area contributed by atoms with Gasteiger partial charge in [0, 0.05) is 18.8 Å². The number of hydrogen-bond acceptors (Lipinski definition) is 4. The summed E-state index contributed by atoms with van der Waals surface area (Å²) >= 11 is 5.71. The Morgan fingerprint density at radius 1 is 1.33 bits per heavy atom. The standard InChI is InChI=1S/C17H24ClN3O3/c1-17(2,3)24-16(23)21-13-6-4-11(8-13)9-20-15(22)12-5-7-14(18)19-10-12/h5,7,10-11,13H,4,6,8-9H2,1-3H3,(H,20,22)(H,21,23). The highest BCUT2D eigenvalue weighted by Gasteiger charge is 2.27. The summed E-state index contributed by atoms with van der Waals surface area (Å²) in [5, 5.41) is 6.16. The zero-order valence-electron chi connectivity index (χ0n) is 14.3. The second-order valence-electron chi connectivity index (χ2n) is 7.10. The number of carbonyl (C=O) groups is 2. The first-order chi connectivity index (χ1) is 11.2. The molecule has 6 nitrogen and oxygen atoms in total. The number of hydrogen-bond donors (Lipinski definition) is 2. The highest BCUT2D eigenvalue weighted by atomic mass is 35.5. The Bertz CT molecular complexity index is 584. The molecule has 0 spiro atoms. The Kier molecular flexibility index (Phi) is 6.04. The van der Waals surface area contributed by atoms with Gasteiger partial charge in [0.25, 0.3) is 5.91 Å². The molecule has 7 heteroatoms. The third-order valence-electron chi connectivity index (χ3n) is 3.80. The molecule has 2 N–H and O–H groups in total. The van der Waals surface area contributed by atoms with E-state index in [1.54, 1.807) is 12.1 Å². The first-order valence-electron chi connectivity index (χ1n) is 8.12. The van der Waals surface area contributed by atoms with Gasteiger partial charge in [-0.3, -0.25) is 4.79 Å². The first-order valence-corrected chi connectivity index (χ1v) is 8.50. The Hall–Kier alpha value is -1.82. The van der Waals surface area contributed by atoms with E-state index in [-0.39, 0.29) is 18.0 Å². The quantitative estimate of drug-likeness (QED) is 0.815. The fourth-order valence-electron chi connectivity index (χ4n) is 2.71. The number of nitrogens with zero attached hydrogens (tertiary/aromatic N) is 1. The van der Waals surface area contributed by atoms with Gasteiger partial charge in [0.15, 0.2) is 0 Å². The van der Waals surface area contributed by atoms with Crippen molar-refractivity contribution < 1.29 is 14.3 Å². The van der Waals surface area contributed by atoms with Crippen LogP contribution in [0.4, 0.5) is 4.79 Å². The number of nitrogens with one attached hydrogen (secondary N) is 2. The first kappa shape index (κ1) is 18.5. The molecule has 0 aromatic carbocycles. The third-order valence-corrected chi connectivity index (χ3v) is 4.03. The number of alkyl carbamates (subject to hydrolysis) is 1. The highest BCUT2D eigenvalue weighted by Crippen LogP contribution is 2.25. The van der Waals surface area contributed by atoms with Crippen molar-refractivity contribution in [2.75, 3.05) is 6.54 Å². The number of rotatable bonds is 4. The predicted molar refractivity (Wildman–Crippen MR) is 92.1 cm³/mol. The van der Waals surface area contributed by atoms with Crippen LogP contribution in [0.1, 0.15) is 50.4 Å². The molecule has 1 fully saturated rings. The molecule has 0 aliphatic heterocycles. The van der Waals surface area contributed by atoms with Crippen LogP contribution in [0.25, 0.3) is 0 Å². The fourth-order valence-corrected chi connectivity index (χ4v) is 2.83. The van der Waals surface area contributed by atoms with Crippen LogP contribution in [0.2, 0.25) is 5.15 Å². The zero-order chi connectivity index (χ0) is 17.7. The van der Waals surface area contributed by atoms with Crippen LogP contribution in [0, 0.1) is 5.92 Å². The van der Waals surface area contributed by atoms with Gasteiger partial charge in [0.1, 0.15) is 10.8 Å². The van der Waals surface area contributed by atoms with Gasteiger partial charge in [-0.1, -0.05) is 11.6 Å². The minimum Gasteiger partial charge on any atom is -0.444 e. The molecule has 24 heavy (non-hydrogen) atoms. The number of ether oxygens (including phenoxy) is 1. The van der Waals surface area contributed by atoms with Crippen molar-refractivity contribution in [2.45, 2.75) is 51.7 Å². The molecule has 2 rings (SSSR count). The maximum absolute atomic E-state index is 12.0. The van der Waals surface area contributed by atoms with Crippen molar-refractivity contribution in [3.05, 3.63) is 29.0 Å². The van der Waals surface area contributed by atoms with Gasteiger partial charge in [0.2, 0.25) is 0 Å². The van der Waals surface area contributed by atoms with Gasteiger partial charge < -0.3 is 15.4 Å². The monoisotopic (exact) mass is 353 g/mol. The Labute approximate surface area is 147 Å². The summed E-state index contributed by atoms with van der Waals surface area (Å²) in [7, 11) is 0. The van der Waals surface area contributed by atoms with Crippen molar-refractivity contribution in [1.29, 1.82) is 0 Å². The van der Waals surface area contributed by atoms with Gasteiger partial charge in [-0.2, -0.15) is 0 Å². The fraction of sp³-hybridized carbons (Fsp3) is 0.588. The van der Waals surface area contributed by atoms with E-state index in [9.17, 15) is 9.59 Å². The molecule has 0 saturated heterocycles. The summed E-state index contributed by atoms with van der Waals surface area (Å²) in [6, 6.07) is 3.33. The van der Waals surface area contributed by atoms with E-state index in [0.29, 0.717) is 23.2 Å². The van der Waals surface area contributed by atoms with E-state index >= 15 is 0 Å². The molecule has 1 saturated carbocycles. The SMILES string of the molecule is CC(C)(C)OC(=O)NC1CCC(CNC(=O)c2ccc(Cl)nc2)C1. The third kappa shape index (κ3) is 6.00. The highest BCUT2D eigenvalue weighted by molar-refractivity contribution is 6.29. The molecule has 1 aliphatic rings. The Morgan fingerprint density at radius 2 is 2.08 bits per heavy atom. The van der Waals surface area contributed by atoms with Crippen LogP contribution in [0.15, 0.2) is 18.3 Å². The van der Waals surface area contributed by atoms with Crippen molar-refractivity contribution in [3.8, 4) is 0 Å². The van der Waals surface area contributed by atoms with Crippen molar-refractivity contribution in [1.82, 2.24) is 15.6 Å². The molecule has 132 valence electrons. The van der Waals surface area contributed by atoms with E-state index in [2.05, 4.69) is 15.6 Å². The van der Waals surface area contributed by atoms with Crippen LogP contribution in [0.5, 0.6) is 0 Å². The minimum atomic E-state index is -0.497. The second kappa shape index (κ2) is 7.83. The molecule has 2 atom stereocenters. The number of pyridine rings is 1. The molecule has 2 amide bonds. The number of aromatic nitrogens is 1. The largest absolute Gasteiger partial charge is 0.444 e. The molecular weight excluding hydrogens is 330 g/mol. The average Bonchev–Trinajstić information content (AvgIpc) is 2.91. The van der Waals surface area contributed by atoms with E-state index in [1.807, 2.05) is 20.8 Å². The number of carbonyl (C=O) groups excluding carboxylic acids is 2. The zero-order valence-corrected chi connectivity index (χ0v) is 15.0. The summed E-state index contributed by atoms with van der Waals surface area (Å²) in [6.07, 6.45) is 3.75. The lowest BCUT2D eigenvalue weighted by Crippen LogP contribution is -2.38. The molecule has 0 bridgehead atoms. The maximum atomic E-state index is 12.0. The van der Waals surface area contributed by atoms with Crippen molar-refractivity contribution >= 4 is 23.6 Å². The average molecular weight is 354 g/mol. The van der Waals surface area contributed by atoms with Gasteiger partial charge >= 0.3 is 6.09 Å². The van der Waals surface area contributed by atoms with Crippen molar-refractivity contribution in [2.24, 2.45) is 5.92 Å². The van der Waals surface area contributed by atoms with Gasteiger partial charge in [-0.25, -0.2) is 9.78 Å². The summed E-state index contributed by atoms with van der Waals surface area (Å²) in [5.41, 5.74) is -0.0105. The molecule has 1 heterocycles. The van der Waals surface area contributed by atoms with Gasteiger partial charge in [-0.15, -0.1) is 0 Å². The molecule has 1 aromatic rings.